The second-order valence-corrected chi connectivity index (χ2v) is 4.45. The van der Waals surface area contributed by atoms with Gasteiger partial charge in [-0.25, -0.2) is 0 Å². The molecule has 0 aliphatic heterocycles. The van der Waals surface area contributed by atoms with Crippen molar-refractivity contribution >= 4 is 0 Å². The number of hydrogen-bond acceptors (Lipinski definition) is 4. The first-order chi connectivity index (χ1) is 9.83. The molecule has 0 radical (unpaired) electrons. The Hall–Kier alpha value is -2.07. The largest absolute Gasteiger partial charge is 0.494 e. The maximum Gasteiger partial charge on any atom is 0.137 e. The van der Waals surface area contributed by atoms with E-state index in [1.165, 1.54) is 0 Å². The molecule has 106 valence electrons. The average Bonchev–Trinajstić information content (AvgIpc) is 2.52. The molecule has 1 unspecified atom stereocenters. The number of benzene rings is 1. The van der Waals surface area contributed by atoms with Gasteiger partial charge in [0, 0.05) is 24.5 Å². The van der Waals surface area contributed by atoms with Gasteiger partial charge in [-0.3, -0.25) is 4.98 Å². The zero-order valence-corrected chi connectivity index (χ0v) is 11.7. The maximum absolute atomic E-state index is 5.89. The molecule has 1 atom stereocenters. The van der Waals surface area contributed by atoms with E-state index in [2.05, 4.69) is 11.9 Å². The lowest BCUT2D eigenvalue weighted by molar-refractivity contribution is 0.213. The topological polar surface area (TPSA) is 57.4 Å². The molecule has 0 amide bonds. The molecule has 1 heterocycles. The number of ether oxygens (including phenoxy) is 2. The summed E-state index contributed by atoms with van der Waals surface area (Å²) in [5.41, 5.74) is 6.74. The predicted molar refractivity (Wildman–Crippen MR) is 78.9 cm³/mol. The molecule has 0 aliphatic rings. The number of nitrogens with zero attached hydrogens (tertiary/aromatic N) is 1. The van der Waals surface area contributed by atoms with Gasteiger partial charge in [0.15, 0.2) is 0 Å². The van der Waals surface area contributed by atoms with E-state index in [0.29, 0.717) is 6.54 Å². The predicted octanol–water partition coefficient (Wildman–Crippen LogP) is 2.95. The molecule has 2 rings (SSSR count). The van der Waals surface area contributed by atoms with E-state index >= 15 is 0 Å². The molecule has 0 aliphatic carbocycles. The third-order valence-corrected chi connectivity index (χ3v) is 2.85. The lowest BCUT2D eigenvalue weighted by atomic mass is 10.1. The molecule has 2 aromatic rings. The van der Waals surface area contributed by atoms with Gasteiger partial charge in [0.25, 0.3) is 0 Å². The summed E-state index contributed by atoms with van der Waals surface area (Å²) in [6.45, 7) is 3.21. The van der Waals surface area contributed by atoms with Crippen molar-refractivity contribution in [2.45, 2.75) is 19.4 Å². The van der Waals surface area contributed by atoms with E-state index in [0.717, 1.165) is 30.1 Å². The summed E-state index contributed by atoms with van der Waals surface area (Å²) in [6.07, 6.45) is 4.31. The molecule has 0 spiro atoms. The SMILES string of the molecule is CCCOc1ccc(OC(CN)c2cccnc2)cc1. The Morgan fingerprint density at radius 1 is 1.15 bits per heavy atom. The lowest BCUT2D eigenvalue weighted by Gasteiger charge is -2.17. The van der Waals surface area contributed by atoms with Crippen molar-refractivity contribution in [2.24, 2.45) is 5.73 Å². The zero-order valence-electron chi connectivity index (χ0n) is 11.7. The quantitative estimate of drug-likeness (QED) is 0.842. The van der Waals surface area contributed by atoms with E-state index in [1.54, 1.807) is 12.4 Å². The Morgan fingerprint density at radius 2 is 1.90 bits per heavy atom. The first-order valence-electron chi connectivity index (χ1n) is 6.83. The van der Waals surface area contributed by atoms with Crippen LogP contribution in [0.4, 0.5) is 0 Å². The van der Waals surface area contributed by atoms with Gasteiger partial charge in [-0.2, -0.15) is 0 Å². The first-order valence-corrected chi connectivity index (χ1v) is 6.83. The van der Waals surface area contributed by atoms with Crippen LogP contribution in [0.1, 0.15) is 25.0 Å². The number of pyridine rings is 1. The van der Waals surface area contributed by atoms with Gasteiger partial charge in [0.1, 0.15) is 17.6 Å². The third-order valence-electron chi connectivity index (χ3n) is 2.85. The van der Waals surface area contributed by atoms with Gasteiger partial charge in [-0.1, -0.05) is 13.0 Å². The van der Waals surface area contributed by atoms with Crippen LogP contribution >= 0.6 is 0 Å². The smallest absolute Gasteiger partial charge is 0.137 e. The first kappa shape index (κ1) is 14.3. The molecule has 0 saturated carbocycles. The molecule has 0 bridgehead atoms. The molecular weight excluding hydrogens is 252 g/mol. The minimum absolute atomic E-state index is 0.189. The van der Waals surface area contributed by atoms with E-state index in [4.69, 9.17) is 15.2 Å². The van der Waals surface area contributed by atoms with E-state index < -0.39 is 0 Å². The van der Waals surface area contributed by atoms with Gasteiger partial charge >= 0.3 is 0 Å². The molecular formula is C16H20N2O2. The zero-order chi connectivity index (χ0) is 14.2. The summed E-state index contributed by atoms with van der Waals surface area (Å²) >= 11 is 0. The molecule has 0 saturated heterocycles. The molecule has 0 fully saturated rings. The Balaban J connectivity index is 2.01. The monoisotopic (exact) mass is 272 g/mol. The van der Waals surface area contributed by atoms with Crippen LogP contribution in [0, 0.1) is 0 Å². The summed E-state index contributed by atoms with van der Waals surface area (Å²) in [4.78, 5) is 4.09. The summed E-state index contributed by atoms with van der Waals surface area (Å²) < 4.78 is 11.4. The third kappa shape index (κ3) is 3.96. The van der Waals surface area contributed by atoms with Crippen LogP contribution in [0.25, 0.3) is 0 Å². The van der Waals surface area contributed by atoms with Crippen molar-refractivity contribution in [3.63, 3.8) is 0 Å². The minimum Gasteiger partial charge on any atom is -0.494 e. The van der Waals surface area contributed by atoms with Gasteiger partial charge < -0.3 is 15.2 Å². The van der Waals surface area contributed by atoms with Gasteiger partial charge in [0.2, 0.25) is 0 Å². The Kier molecular flexibility index (Phi) is 5.38. The van der Waals surface area contributed by atoms with Crippen LogP contribution in [-0.4, -0.2) is 18.1 Å². The number of hydrogen-bond donors (Lipinski definition) is 1. The van der Waals surface area contributed by atoms with Gasteiger partial charge in [-0.05, 0) is 36.8 Å². The van der Waals surface area contributed by atoms with E-state index in [-0.39, 0.29) is 6.10 Å². The fraction of sp³-hybridized carbons (Fsp3) is 0.312. The number of nitrogens with two attached hydrogens (primary N) is 1. The van der Waals surface area contributed by atoms with Crippen molar-refractivity contribution < 1.29 is 9.47 Å². The van der Waals surface area contributed by atoms with Crippen molar-refractivity contribution in [2.75, 3.05) is 13.2 Å². The van der Waals surface area contributed by atoms with E-state index in [9.17, 15) is 0 Å². The maximum atomic E-state index is 5.89. The highest BCUT2D eigenvalue weighted by Gasteiger charge is 2.11. The van der Waals surface area contributed by atoms with Crippen molar-refractivity contribution in [1.82, 2.24) is 4.98 Å². The highest BCUT2D eigenvalue weighted by molar-refractivity contribution is 5.32. The fourth-order valence-corrected chi connectivity index (χ4v) is 1.82. The molecule has 1 aromatic heterocycles. The highest BCUT2D eigenvalue weighted by atomic mass is 16.5. The Bertz CT molecular complexity index is 500. The van der Waals surface area contributed by atoms with Crippen LogP contribution in [0.3, 0.4) is 0 Å². The molecule has 4 nitrogen and oxygen atoms in total. The highest BCUT2D eigenvalue weighted by Crippen LogP contribution is 2.23. The van der Waals surface area contributed by atoms with Gasteiger partial charge in [0.05, 0.1) is 6.61 Å². The second-order valence-electron chi connectivity index (χ2n) is 4.45. The molecule has 4 heteroatoms. The van der Waals surface area contributed by atoms with Crippen LogP contribution < -0.4 is 15.2 Å². The van der Waals surface area contributed by atoms with Crippen LogP contribution in [0.2, 0.25) is 0 Å². The Morgan fingerprint density at radius 3 is 2.50 bits per heavy atom. The minimum atomic E-state index is -0.189. The second kappa shape index (κ2) is 7.50. The van der Waals surface area contributed by atoms with Crippen LogP contribution in [-0.2, 0) is 0 Å². The summed E-state index contributed by atoms with van der Waals surface area (Å²) in [5.74, 6) is 1.62. The normalized spacial score (nSPS) is 11.9. The van der Waals surface area contributed by atoms with Crippen molar-refractivity contribution in [3.05, 3.63) is 54.4 Å². The van der Waals surface area contributed by atoms with E-state index in [1.807, 2.05) is 36.4 Å². The summed E-state index contributed by atoms with van der Waals surface area (Å²) in [6, 6.07) is 11.4. The number of aromatic nitrogens is 1. The average molecular weight is 272 g/mol. The number of rotatable bonds is 7. The van der Waals surface area contributed by atoms with Crippen molar-refractivity contribution in [1.29, 1.82) is 0 Å². The van der Waals surface area contributed by atoms with Crippen LogP contribution in [0.15, 0.2) is 48.8 Å². The summed E-state index contributed by atoms with van der Waals surface area (Å²) in [5, 5.41) is 0. The lowest BCUT2D eigenvalue weighted by Crippen LogP contribution is -2.18. The molecule has 20 heavy (non-hydrogen) atoms. The van der Waals surface area contributed by atoms with Gasteiger partial charge in [-0.15, -0.1) is 0 Å². The fourth-order valence-electron chi connectivity index (χ4n) is 1.82. The molecule has 1 aromatic carbocycles. The standard InChI is InChI=1S/C16H20N2O2/c1-2-10-19-14-5-7-15(8-6-14)20-16(11-17)13-4-3-9-18-12-13/h3-9,12,16H,2,10-11,17H2,1H3. The van der Waals surface area contributed by atoms with Crippen LogP contribution in [0.5, 0.6) is 11.5 Å². The van der Waals surface area contributed by atoms with Crippen molar-refractivity contribution in [3.8, 4) is 11.5 Å². The summed E-state index contributed by atoms with van der Waals surface area (Å²) in [7, 11) is 0. The molecule has 2 N–H and O–H groups in total. The Labute approximate surface area is 119 Å².